The number of aromatic nitrogens is 2. The van der Waals surface area contributed by atoms with Gasteiger partial charge >= 0.3 is 5.69 Å². The van der Waals surface area contributed by atoms with Gasteiger partial charge in [-0.05, 0) is 44.5 Å². The number of hydrogen-bond acceptors (Lipinski definition) is 4. The number of amides is 1. The van der Waals surface area contributed by atoms with E-state index >= 15 is 0 Å². The number of H-pyrrole nitrogens is 2. The van der Waals surface area contributed by atoms with Crippen molar-refractivity contribution in [2.24, 2.45) is 0 Å². The monoisotopic (exact) mass is 370 g/mol. The van der Waals surface area contributed by atoms with Gasteiger partial charge in [0, 0.05) is 24.8 Å². The van der Waals surface area contributed by atoms with Crippen molar-refractivity contribution in [3.05, 3.63) is 68.0 Å². The summed E-state index contributed by atoms with van der Waals surface area (Å²) >= 11 is 0. The fourth-order valence-corrected chi connectivity index (χ4v) is 3.62. The topological polar surface area (TPSA) is 89.3 Å². The summed E-state index contributed by atoms with van der Waals surface area (Å²) in [4.78, 5) is 44.5. The van der Waals surface area contributed by atoms with E-state index in [4.69, 9.17) is 0 Å². The summed E-state index contributed by atoms with van der Waals surface area (Å²) in [5.74, 6) is -0.0883. The molecule has 1 aliphatic rings. The number of piperidine rings is 1. The number of nitrogens with one attached hydrogen (secondary N) is 2. The molecule has 0 aliphatic carbocycles. The van der Waals surface area contributed by atoms with Crippen molar-refractivity contribution in [3.8, 4) is 0 Å². The molecule has 0 saturated carbocycles. The zero-order chi connectivity index (χ0) is 19.4. The van der Waals surface area contributed by atoms with Crippen LogP contribution in [0.2, 0.25) is 0 Å². The summed E-state index contributed by atoms with van der Waals surface area (Å²) in [5, 5.41) is 0. The van der Waals surface area contributed by atoms with Crippen molar-refractivity contribution in [1.29, 1.82) is 0 Å². The third-order valence-electron chi connectivity index (χ3n) is 4.92. The Morgan fingerprint density at radius 3 is 2.59 bits per heavy atom. The summed E-state index contributed by atoms with van der Waals surface area (Å²) in [5.41, 5.74) is 1.57. The predicted molar refractivity (Wildman–Crippen MR) is 104 cm³/mol. The number of carbonyl (C=O) groups excluding carboxylic acids is 1. The van der Waals surface area contributed by atoms with E-state index in [1.165, 1.54) is 11.8 Å². The van der Waals surface area contributed by atoms with Crippen LogP contribution in [-0.2, 0) is 17.8 Å². The van der Waals surface area contributed by atoms with Gasteiger partial charge in [0.05, 0.1) is 12.5 Å². The molecule has 2 N–H and O–H groups in total. The number of likely N-dealkylation sites (tertiary alicyclic amines) is 1. The van der Waals surface area contributed by atoms with Crippen LogP contribution in [0.5, 0.6) is 0 Å². The van der Waals surface area contributed by atoms with Gasteiger partial charge in [-0.2, -0.15) is 0 Å². The lowest BCUT2D eigenvalue weighted by molar-refractivity contribution is -0.134. The van der Waals surface area contributed by atoms with E-state index in [2.05, 4.69) is 39.1 Å². The summed E-state index contributed by atoms with van der Waals surface area (Å²) in [7, 11) is 4.07. The second kappa shape index (κ2) is 8.35. The molecule has 0 bridgehead atoms. The van der Waals surface area contributed by atoms with E-state index in [1.54, 1.807) is 0 Å². The van der Waals surface area contributed by atoms with Crippen LogP contribution >= 0.6 is 0 Å². The van der Waals surface area contributed by atoms with E-state index in [-0.39, 0.29) is 23.9 Å². The third kappa shape index (κ3) is 4.74. The number of aromatic amines is 2. The van der Waals surface area contributed by atoms with Crippen LogP contribution in [-0.4, -0.2) is 46.3 Å². The van der Waals surface area contributed by atoms with Gasteiger partial charge in [0.25, 0.3) is 5.56 Å². The van der Waals surface area contributed by atoms with E-state index in [9.17, 15) is 14.4 Å². The molecule has 1 fully saturated rings. The van der Waals surface area contributed by atoms with Crippen molar-refractivity contribution in [2.45, 2.75) is 38.3 Å². The third-order valence-corrected chi connectivity index (χ3v) is 4.92. The van der Waals surface area contributed by atoms with Crippen LogP contribution in [0.4, 0.5) is 0 Å². The number of benzene rings is 1. The Kier molecular flexibility index (Phi) is 5.91. The molecule has 7 heteroatoms. The van der Waals surface area contributed by atoms with E-state index < -0.39 is 11.2 Å². The molecule has 1 atom stereocenters. The molecule has 1 aromatic carbocycles. The zero-order valence-corrected chi connectivity index (χ0v) is 15.8. The lowest BCUT2D eigenvalue weighted by Crippen LogP contribution is -2.40. The van der Waals surface area contributed by atoms with Gasteiger partial charge in [-0.1, -0.05) is 24.3 Å². The first-order valence-corrected chi connectivity index (χ1v) is 9.28. The average Bonchev–Trinajstić information content (AvgIpc) is 2.64. The van der Waals surface area contributed by atoms with Crippen LogP contribution in [0.25, 0.3) is 0 Å². The maximum absolute atomic E-state index is 12.9. The molecular weight excluding hydrogens is 344 g/mol. The molecule has 1 aromatic heterocycles. The van der Waals surface area contributed by atoms with Gasteiger partial charge in [-0.25, -0.2) is 4.79 Å². The van der Waals surface area contributed by atoms with Crippen LogP contribution in [0.1, 0.15) is 42.0 Å². The number of rotatable bonds is 5. The zero-order valence-electron chi connectivity index (χ0n) is 15.8. The molecule has 7 nitrogen and oxygen atoms in total. The molecule has 3 rings (SSSR count). The van der Waals surface area contributed by atoms with Gasteiger partial charge in [-0.3, -0.25) is 14.6 Å². The fourth-order valence-electron chi connectivity index (χ4n) is 3.62. The van der Waals surface area contributed by atoms with Crippen molar-refractivity contribution in [2.75, 3.05) is 20.6 Å². The molecule has 1 saturated heterocycles. The minimum Gasteiger partial charge on any atom is -0.335 e. The summed E-state index contributed by atoms with van der Waals surface area (Å²) in [6, 6.07) is 8.45. The van der Waals surface area contributed by atoms with Gasteiger partial charge in [0.15, 0.2) is 0 Å². The van der Waals surface area contributed by atoms with Crippen molar-refractivity contribution < 1.29 is 4.79 Å². The highest BCUT2D eigenvalue weighted by molar-refractivity contribution is 5.79. The Balaban J connectivity index is 1.77. The molecule has 1 amide bonds. The molecule has 0 radical (unpaired) electrons. The van der Waals surface area contributed by atoms with Crippen molar-refractivity contribution >= 4 is 5.91 Å². The highest BCUT2D eigenvalue weighted by atomic mass is 16.2. The Bertz CT molecular complexity index is 898. The number of hydrogen-bond donors (Lipinski definition) is 2. The molecule has 2 heterocycles. The number of carbonyl (C=O) groups is 1. The van der Waals surface area contributed by atoms with Gasteiger partial charge in [0.2, 0.25) is 5.91 Å². The summed E-state index contributed by atoms with van der Waals surface area (Å²) in [6.07, 6.45) is 4.27. The number of nitrogens with zero attached hydrogens (tertiary/aromatic N) is 2. The molecule has 1 aliphatic heterocycles. The van der Waals surface area contributed by atoms with Crippen LogP contribution in [0.3, 0.4) is 0 Å². The summed E-state index contributed by atoms with van der Waals surface area (Å²) < 4.78 is 0. The van der Waals surface area contributed by atoms with E-state index in [0.717, 1.165) is 31.4 Å². The quantitative estimate of drug-likeness (QED) is 0.833. The highest BCUT2D eigenvalue weighted by Crippen LogP contribution is 2.31. The predicted octanol–water partition coefficient (Wildman–Crippen LogP) is 1.42. The minimum absolute atomic E-state index is 0.0126. The lowest BCUT2D eigenvalue weighted by Gasteiger charge is -2.36. The molecule has 144 valence electrons. The van der Waals surface area contributed by atoms with Crippen LogP contribution < -0.4 is 11.2 Å². The first-order chi connectivity index (χ1) is 12.9. The smallest absolute Gasteiger partial charge is 0.325 e. The second-order valence-electron chi connectivity index (χ2n) is 7.35. The lowest BCUT2D eigenvalue weighted by atomic mass is 9.94. The SMILES string of the molecule is CN(C)Cc1ccc([C@@H]2CCCCN2C(=O)Cc2c[nH]c(=O)[nH]c2=O)cc1. The molecule has 27 heavy (non-hydrogen) atoms. The highest BCUT2D eigenvalue weighted by Gasteiger charge is 2.28. The maximum atomic E-state index is 12.9. The largest absolute Gasteiger partial charge is 0.335 e. The Morgan fingerprint density at radius 2 is 1.93 bits per heavy atom. The standard InChI is InChI=1S/C20H26N4O3/c1-23(2)13-14-6-8-15(9-7-14)17-5-3-4-10-24(17)18(25)11-16-12-21-20(27)22-19(16)26/h6-9,12,17H,3-5,10-11,13H2,1-2H3,(H2,21,22,26,27)/t17-/m0/s1. The molecule has 0 unspecified atom stereocenters. The summed E-state index contributed by atoms with van der Waals surface area (Å²) in [6.45, 7) is 1.56. The first-order valence-electron chi connectivity index (χ1n) is 9.28. The second-order valence-corrected chi connectivity index (χ2v) is 7.35. The van der Waals surface area contributed by atoms with Crippen LogP contribution in [0, 0.1) is 0 Å². The van der Waals surface area contributed by atoms with Crippen molar-refractivity contribution in [1.82, 2.24) is 19.8 Å². The maximum Gasteiger partial charge on any atom is 0.325 e. The van der Waals surface area contributed by atoms with Gasteiger partial charge < -0.3 is 14.8 Å². The van der Waals surface area contributed by atoms with Gasteiger partial charge in [-0.15, -0.1) is 0 Å². The normalized spacial score (nSPS) is 17.3. The first kappa shape index (κ1) is 19.1. The Morgan fingerprint density at radius 1 is 1.19 bits per heavy atom. The van der Waals surface area contributed by atoms with E-state index in [1.807, 2.05) is 19.0 Å². The average molecular weight is 370 g/mol. The van der Waals surface area contributed by atoms with Gasteiger partial charge in [0.1, 0.15) is 0 Å². The molecule has 2 aromatic rings. The molecule has 0 spiro atoms. The van der Waals surface area contributed by atoms with Crippen LogP contribution in [0.15, 0.2) is 40.1 Å². The fraction of sp³-hybridized carbons (Fsp3) is 0.450. The Hall–Kier alpha value is -2.67. The molecular formula is C20H26N4O3. The van der Waals surface area contributed by atoms with Crippen molar-refractivity contribution in [3.63, 3.8) is 0 Å². The minimum atomic E-state index is -0.565. The Labute approximate surface area is 158 Å². The van der Waals surface area contributed by atoms with E-state index in [0.29, 0.717) is 6.54 Å².